The molecule has 0 aliphatic carbocycles. The summed E-state index contributed by atoms with van der Waals surface area (Å²) < 4.78 is 5.20. The maximum absolute atomic E-state index is 12.7. The van der Waals surface area contributed by atoms with Gasteiger partial charge in [-0.15, -0.1) is 0 Å². The standard InChI is InChI=1S/C21H27N3O3/c1-23(2)14-17-8-4-3-7-16(17)13-22-20(25)18-9-5-11-24(15-18)21(26)19-10-6-12-27-19/h3-4,6-8,10,12,18H,5,9,11,13-15H2,1-2H3,(H,22,25). The molecule has 2 aromatic rings. The van der Waals surface area contributed by atoms with Crippen LogP contribution in [0, 0.1) is 5.92 Å². The van der Waals surface area contributed by atoms with E-state index in [2.05, 4.69) is 16.3 Å². The first-order valence-electron chi connectivity index (χ1n) is 9.36. The molecule has 27 heavy (non-hydrogen) atoms. The molecule has 2 amide bonds. The third-order valence-electron chi connectivity index (χ3n) is 4.87. The van der Waals surface area contributed by atoms with E-state index in [1.54, 1.807) is 17.0 Å². The topological polar surface area (TPSA) is 65.8 Å². The lowest BCUT2D eigenvalue weighted by atomic mass is 9.96. The molecule has 1 aromatic carbocycles. The Hall–Kier alpha value is -2.60. The lowest BCUT2D eigenvalue weighted by Gasteiger charge is -2.31. The second-order valence-electron chi connectivity index (χ2n) is 7.29. The van der Waals surface area contributed by atoms with Crippen LogP contribution >= 0.6 is 0 Å². The number of rotatable bonds is 6. The number of amides is 2. The minimum Gasteiger partial charge on any atom is -0.459 e. The molecule has 1 fully saturated rings. The monoisotopic (exact) mass is 369 g/mol. The first-order chi connectivity index (χ1) is 13.0. The van der Waals surface area contributed by atoms with Crippen molar-refractivity contribution in [1.82, 2.24) is 15.1 Å². The zero-order chi connectivity index (χ0) is 19.2. The molecule has 1 N–H and O–H groups in total. The van der Waals surface area contributed by atoms with Gasteiger partial charge in [-0.2, -0.15) is 0 Å². The molecule has 0 bridgehead atoms. The van der Waals surface area contributed by atoms with Gasteiger partial charge in [-0.25, -0.2) is 0 Å². The summed E-state index contributed by atoms with van der Waals surface area (Å²) in [5.74, 6) is 0.00720. The number of nitrogens with one attached hydrogen (secondary N) is 1. The highest BCUT2D eigenvalue weighted by molar-refractivity contribution is 5.92. The van der Waals surface area contributed by atoms with Gasteiger partial charge in [0.05, 0.1) is 12.2 Å². The van der Waals surface area contributed by atoms with Crippen molar-refractivity contribution in [3.63, 3.8) is 0 Å². The molecule has 144 valence electrons. The molecule has 0 saturated carbocycles. The second kappa shape index (κ2) is 8.86. The first-order valence-corrected chi connectivity index (χ1v) is 9.36. The zero-order valence-electron chi connectivity index (χ0n) is 16.0. The summed E-state index contributed by atoms with van der Waals surface area (Å²) in [6.07, 6.45) is 3.11. The number of nitrogens with zero attached hydrogens (tertiary/aromatic N) is 2. The summed E-state index contributed by atoms with van der Waals surface area (Å²) >= 11 is 0. The molecule has 1 aliphatic rings. The molecule has 1 unspecified atom stereocenters. The highest BCUT2D eigenvalue weighted by Crippen LogP contribution is 2.19. The molecule has 1 saturated heterocycles. The average molecular weight is 369 g/mol. The van der Waals surface area contributed by atoms with E-state index in [1.165, 1.54) is 11.8 Å². The smallest absolute Gasteiger partial charge is 0.289 e. The maximum Gasteiger partial charge on any atom is 0.289 e. The fourth-order valence-electron chi connectivity index (χ4n) is 3.48. The fourth-order valence-corrected chi connectivity index (χ4v) is 3.48. The molecule has 6 heteroatoms. The molecule has 0 radical (unpaired) electrons. The summed E-state index contributed by atoms with van der Waals surface area (Å²) in [7, 11) is 4.06. The minimum atomic E-state index is -0.182. The van der Waals surface area contributed by atoms with Crippen molar-refractivity contribution in [2.24, 2.45) is 5.92 Å². The zero-order valence-corrected chi connectivity index (χ0v) is 16.0. The van der Waals surface area contributed by atoms with Crippen LogP contribution in [-0.2, 0) is 17.9 Å². The largest absolute Gasteiger partial charge is 0.459 e. The van der Waals surface area contributed by atoms with Crippen molar-refractivity contribution in [3.8, 4) is 0 Å². The summed E-state index contributed by atoms with van der Waals surface area (Å²) in [6, 6.07) is 11.5. The number of hydrogen-bond donors (Lipinski definition) is 1. The van der Waals surface area contributed by atoms with Gasteiger partial charge in [0.25, 0.3) is 5.91 Å². The van der Waals surface area contributed by atoms with E-state index >= 15 is 0 Å². The second-order valence-corrected chi connectivity index (χ2v) is 7.29. The van der Waals surface area contributed by atoms with Crippen molar-refractivity contribution in [1.29, 1.82) is 0 Å². The van der Waals surface area contributed by atoms with Gasteiger partial charge >= 0.3 is 0 Å². The average Bonchev–Trinajstić information content (AvgIpc) is 3.21. The van der Waals surface area contributed by atoms with Crippen LogP contribution in [0.25, 0.3) is 0 Å². The van der Waals surface area contributed by atoms with Crippen molar-refractivity contribution >= 4 is 11.8 Å². The van der Waals surface area contributed by atoms with Gasteiger partial charge in [-0.3, -0.25) is 9.59 Å². The van der Waals surface area contributed by atoms with Gasteiger partial charge in [0.2, 0.25) is 5.91 Å². The van der Waals surface area contributed by atoms with Crippen LogP contribution in [-0.4, -0.2) is 48.8 Å². The van der Waals surface area contributed by atoms with Gasteiger partial charge in [-0.1, -0.05) is 24.3 Å². The number of benzene rings is 1. The third kappa shape index (κ3) is 4.98. The van der Waals surface area contributed by atoms with Gasteiger partial charge in [0.15, 0.2) is 5.76 Å². The maximum atomic E-state index is 12.7. The van der Waals surface area contributed by atoms with Crippen LogP contribution in [0.5, 0.6) is 0 Å². The number of piperidine rings is 1. The molecule has 1 atom stereocenters. The predicted octanol–water partition coefficient (Wildman–Crippen LogP) is 2.51. The number of carbonyl (C=O) groups excluding carboxylic acids is 2. The third-order valence-corrected chi connectivity index (χ3v) is 4.87. The lowest BCUT2D eigenvalue weighted by Crippen LogP contribution is -2.45. The molecular weight excluding hydrogens is 342 g/mol. The lowest BCUT2D eigenvalue weighted by molar-refractivity contribution is -0.126. The summed E-state index contributed by atoms with van der Waals surface area (Å²) in [5.41, 5.74) is 2.33. The Morgan fingerprint density at radius 3 is 2.67 bits per heavy atom. The van der Waals surface area contributed by atoms with Crippen molar-refractivity contribution in [2.75, 3.05) is 27.2 Å². The number of carbonyl (C=O) groups is 2. The van der Waals surface area contributed by atoms with E-state index < -0.39 is 0 Å². The molecule has 1 aromatic heterocycles. The van der Waals surface area contributed by atoms with E-state index in [-0.39, 0.29) is 17.7 Å². The van der Waals surface area contributed by atoms with E-state index in [9.17, 15) is 9.59 Å². The van der Waals surface area contributed by atoms with Crippen LogP contribution in [0.4, 0.5) is 0 Å². The molecule has 0 spiro atoms. The van der Waals surface area contributed by atoms with E-state index in [0.717, 1.165) is 24.9 Å². The Balaban J connectivity index is 1.57. The highest BCUT2D eigenvalue weighted by atomic mass is 16.3. The van der Waals surface area contributed by atoms with Crippen LogP contribution in [0.2, 0.25) is 0 Å². The summed E-state index contributed by atoms with van der Waals surface area (Å²) in [5, 5.41) is 3.06. The molecule has 1 aliphatic heterocycles. The minimum absolute atomic E-state index is 0.00611. The Morgan fingerprint density at radius 1 is 1.19 bits per heavy atom. The van der Waals surface area contributed by atoms with Gasteiger partial charge in [0, 0.05) is 26.2 Å². The van der Waals surface area contributed by atoms with Crippen molar-refractivity contribution in [2.45, 2.75) is 25.9 Å². The normalized spacial score (nSPS) is 17.1. The molecule has 6 nitrogen and oxygen atoms in total. The van der Waals surface area contributed by atoms with Crippen LogP contribution in [0.3, 0.4) is 0 Å². The summed E-state index contributed by atoms with van der Waals surface area (Å²) in [6.45, 7) is 2.44. The van der Waals surface area contributed by atoms with Crippen LogP contribution in [0.1, 0.15) is 34.5 Å². The number of likely N-dealkylation sites (tertiary alicyclic amines) is 1. The fraction of sp³-hybridized carbons (Fsp3) is 0.429. The predicted molar refractivity (Wildman–Crippen MR) is 103 cm³/mol. The highest BCUT2D eigenvalue weighted by Gasteiger charge is 2.29. The Morgan fingerprint density at radius 2 is 1.96 bits per heavy atom. The first kappa shape index (κ1) is 19.2. The van der Waals surface area contributed by atoms with Crippen molar-refractivity contribution < 1.29 is 14.0 Å². The quantitative estimate of drug-likeness (QED) is 0.850. The van der Waals surface area contributed by atoms with E-state index in [4.69, 9.17) is 4.42 Å². The van der Waals surface area contributed by atoms with E-state index in [1.807, 2.05) is 32.3 Å². The van der Waals surface area contributed by atoms with Gasteiger partial charge in [0.1, 0.15) is 0 Å². The summed E-state index contributed by atoms with van der Waals surface area (Å²) in [4.78, 5) is 29.0. The molecule has 3 rings (SSSR count). The number of furan rings is 1. The Kier molecular flexibility index (Phi) is 6.29. The van der Waals surface area contributed by atoms with E-state index in [0.29, 0.717) is 25.4 Å². The van der Waals surface area contributed by atoms with Crippen LogP contribution < -0.4 is 5.32 Å². The Bertz CT molecular complexity index is 771. The number of hydrogen-bond acceptors (Lipinski definition) is 4. The van der Waals surface area contributed by atoms with Gasteiger partial charge < -0.3 is 19.5 Å². The Labute approximate surface area is 160 Å². The van der Waals surface area contributed by atoms with Crippen LogP contribution in [0.15, 0.2) is 47.1 Å². The van der Waals surface area contributed by atoms with Gasteiger partial charge in [-0.05, 0) is 50.2 Å². The van der Waals surface area contributed by atoms with Crippen molar-refractivity contribution in [3.05, 3.63) is 59.5 Å². The SMILES string of the molecule is CN(C)Cc1ccccc1CNC(=O)C1CCCN(C(=O)c2ccco2)C1. The molecule has 2 heterocycles. The molecular formula is C21H27N3O3.